The van der Waals surface area contributed by atoms with Crippen molar-refractivity contribution in [1.82, 2.24) is 14.4 Å². The van der Waals surface area contributed by atoms with Gasteiger partial charge < -0.3 is 9.47 Å². The lowest BCUT2D eigenvalue weighted by Gasteiger charge is -2.04. The van der Waals surface area contributed by atoms with Crippen LogP contribution in [0, 0.1) is 0 Å². The van der Waals surface area contributed by atoms with Crippen molar-refractivity contribution in [1.29, 1.82) is 0 Å². The molecule has 0 amide bonds. The summed E-state index contributed by atoms with van der Waals surface area (Å²) in [7, 11) is 3.01. The van der Waals surface area contributed by atoms with Gasteiger partial charge >= 0.3 is 6.01 Å². The van der Waals surface area contributed by atoms with E-state index >= 15 is 0 Å². The normalized spacial score (nSPS) is 10.6. The summed E-state index contributed by atoms with van der Waals surface area (Å²) in [6.45, 7) is 0. The van der Waals surface area contributed by atoms with Crippen LogP contribution in [0.5, 0.6) is 11.9 Å². The van der Waals surface area contributed by atoms with E-state index in [4.69, 9.17) is 9.47 Å². The summed E-state index contributed by atoms with van der Waals surface area (Å²) in [4.78, 5) is 20.9. The number of imidazole rings is 1. The Morgan fingerprint density at radius 3 is 2.52 bits per heavy atom. The van der Waals surface area contributed by atoms with Gasteiger partial charge in [-0.25, -0.2) is 4.98 Å². The highest BCUT2D eigenvalue weighted by Gasteiger charge is 2.16. The number of nitrogens with zero attached hydrogens (tertiary/aromatic N) is 3. The number of benzene rings is 1. The molecule has 21 heavy (non-hydrogen) atoms. The SMILES string of the molecule is COc1cc2nc(C(=O)c3ccccc3)cn2c(OC)n1. The Balaban J connectivity index is 2.11. The van der Waals surface area contributed by atoms with Crippen molar-refractivity contribution in [2.75, 3.05) is 14.2 Å². The van der Waals surface area contributed by atoms with Crippen molar-refractivity contribution >= 4 is 11.4 Å². The van der Waals surface area contributed by atoms with E-state index in [1.54, 1.807) is 28.8 Å². The molecule has 0 saturated heterocycles. The molecule has 0 N–H and O–H groups in total. The first kappa shape index (κ1) is 13.1. The van der Waals surface area contributed by atoms with Gasteiger partial charge in [-0.2, -0.15) is 4.98 Å². The first-order valence-electron chi connectivity index (χ1n) is 6.31. The maximum Gasteiger partial charge on any atom is 0.305 e. The van der Waals surface area contributed by atoms with E-state index in [1.807, 2.05) is 18.2 Å². The maximum atomic E-state index is 12.4. The first-order chi connectivity index (χ1) is 10.2. The zero-order valence-corrected chi connectivity index (χ0v) is 11.6. The van der Waals surface area contributed by atoms with Crippen molar-refractivity contribution in [2.24, 2.45) is 0 Å². The fourth-order valence-electron chi connectivity index (χ4n) is 2.04. The van der Waals surface area contributed by atoms with Crippen LogP contribution in [0.1, 0.15) is 16.1 Å². The summed E-state index contributed by atoms with van der Waals surface area (Å²) in [6, 6.07) is 10.9. The number of fused-ring (bicyclic) bond motifs is 1. The summed E-state index contributed by atoms with van der Waals surface area (Å²) >= 11 is 0. The van der Waals surface area contributed by atoms with Gasteiger partial charge in [0.2, 0.25) is 11.7 Å². The molecule has 3 rings (SSSR count). The molecular formula is C15H13N3O3. The van der Waals surface area contributed by atoms with E-state index in [-0.39, 0.29) is 5.78 Å². The van der Waals surface area contributed by atoms with E-state index in [0.29, 0.717) is 28.8 Å². The summed E-state index contributed by atoms with van der Waals surface area (Å²) in [5, 5.41) is 0. The Morgan fingerprint density at radius 2 is 1.86 bits per heavy atom. The fourth-order valence-corrected chi connectivity index (χ4v) is 2.04. The Bertz CT molecular complexity index is 797. The third kappa shape index (κ3) is 2.31. The molecule has 0 aliphatic heterocycles. The molecule has 0 aliphatic rings. The number of hydrogen-bond donors (Lipinski definition) is 0. The Morgan fingerprint density at radius 1 is 1.10 bits per heavy atom. The minimum Gasteiger partial charge on any atom is -0.481 e. The third-order valence-corrected chi connectivity index (χ3v) is 3.06. The van der Waals surface area contributed by atoms with Crippen molar-refractivity contribution < 1.29 is 14.3 Å². The third-order valence-electron chi connectivity index (χ3n) is 3.06. The van der Waals surface area contributed by atoms with Crippen molar-refractivity contribution in [2.45, 2.75) is 0 Å². The minimum absolute atomic E-state index is 0.152. The molecule has 0 radical (unpaired) electrons. The van der Waals surface area contributed by atoms with Crippen LogP contribution in [0.25, 0.3) is 5.65 Å². The second kappa shape index (κ2) is 5.24. The van der Waals surface area contributed by atoms with Gasteiger partial charge in [0.1, 0.15) is 11.3 Å². The van der Waals surface area contributed by atoms with Crippen LogP contribution in [0.15, 0.2) is 42.6 Å². The Kier molecular flexibility index (Phi) is 3.27. The molecule has 1 aromatic carbocycles. The highest BCUT2D eigenvalue weighted by molar-refractivity contribution is 6.07. The van der Waals surface area contributed by atoms with E-state index in [1.165, 1.54) is 14.2 Å². The molecule has 0 fully saturated rings. The predicted octanol–water partition coefficient (Wildman–Crippen LogP) is 1.98. The zero-order chi connectivity index (χ0) is 14.8. The molecule has 2 heterocycles. The number of hydrogen-bond acceptors (Lipinski definition) is 5. The number of ether oxygens (including phenoxy) is 2. The molecule has 6 heteroatoms. The van der Waals surface area contributed by atoms with Crippen LogP contribution in [0.4, 0.5) is 0 Å². The second-order valence-corrected chi connectivity index (χ2v) is 4.33. The average molecular weight is 283 g/mol. The number of methoxy groups -OCH3 is 2. The van der Waals surface area contributed by atoms with Gasteiger partial charge in [-0.1, -0.05) is 30.3 Å². The smallest absolute Gasteiger partial charge is 0.305 e. The van der Waals surface area contributed by atoms with Gasteiger partial charge in [0.05, 0.1) is 14.2 Å². The largest absolute Gasteiger partial charge is 0.481 e. The summed E-state index contributed by atoms with van der Waals surface area (Å²) in [5.41, 5.74) is 1.45. The van der Waals surface area contributed by atoms with E-state index in [9.17, 15) is 4.79 Å². The highest BCUT2D eigenvalue weighted by Crippen LogP contribution is 2.20. The van der Waals surface area contributed by atoms with Crippen LogP contribution in [-0.4, -0.2) is 34.4 Å². The molecule has 2 aromatic heterocycles. The zero-order valence-electron chi connectivity index (χ0n) is 11.6. The average Bonchev–Trinajstić information content (AvgIpc) is 2.97. The number of carbonyl (C=O) groups is 1. The molecule has 6 nitrogen and oxygen atoms in total. The molecule has 0 spiro atoms. The van der Waals surface area contributed by atoms with E-state index in [0.717, 1.165) is 0 Å². The standard InChI is InChI=1S/C15H13N3O3/c1-20-13-8-12-16-11(9-18(12)15(17-13)21-2)14(19)10-6-4-3-5-7-10/h3-9H,1-2H3. The number of rotatable bonds is 4. The first-order valence-corrected chi connectivity index (χ1v) is 6.31. The van der Waals surface area contributed by atoms with Crippen molar-refractivity contribution in [3.63, 3.8) is 0 Å². The molecule has 0 saturated carbocycles. The minimum atomic E-state index is -0.152. The molecule has 0 aliphatic carbocycles. The predicted molar refractivity (Wildman–Crippen MR) is 76.0 cm³/mol. The number of aromatic nitrogens is 3. The number of carbonyl (C=O) groups excluding carboxylic acids is 1. The van der Waals surface area contributed by atoms with Gasteiger partial charge in [-0.3, -0.25) is 9.20 Å². The topological polar surface area (TPSA) is 65.7 Å². The van der Waals surface area contributed by atoms with Gasteiger partial charge in [-0.15, -0.1) is 0 Å². The fraction of sp³-hybridized carbons (Fsp3) is 0.133. The monoisotopic (exact) mass is 283 g/mol. The van der Waals surface area contributed by atoms with Gasteiger partial charge in [-0.05, 0) is 0 Å². The lowest BCUT2D eigenvalue weighted by molar-refractivity contribution is 0.103. The molecular weight excluding hydrogens is 270 g/mol. The van der Waals surface area contributed by atoms with Crippen LogP contribution in [-0.2, 0) is 0 Å². The Hall–Kier alpha value is -2.89. The van der Waals surface area contributed by atoms with Crippen LogP contribution < -0.4 is 9.47 Å². The van der Waals surface area contributed by atoms with Crippen molar-refractivity contribution in [3.05, 3.63) is 53.9 Å². The van der Waals surface area contributed by atoms with E-state index in [2.05, 4.69) is 9.97 Å². The van der Waals surface area contributed by atoms with Gasteiger partial charge in [0.15, 0.2) is 0 Å². The van der Waals surface area contributed by atoms with Gasteiger partial charge in [0.25, 0.3) is 0 Å². The van der Waals surface area contributed by atoms with E-state index < -0.39 is 0 Å². The quantitative estimate of drug-likeness (QED) is 0.685. The lowest BCUT2D eigenvalue weighted by atomic mass is 10.1. The molecule has 3 aromatic rings. The molecule has 0 atom stereocenters. The summed E-state index contributed by atoms with van der Waals surface area (Å²) in [6.07, 6.45) is 1.61. The Labute approximate surface area is 121 Å². The lowest BCUT2D eigenvalue weighted by Crippen LogP contribution is -2.01. The van der Waals surface area contributed by atoms with Crippen LogP contribution >= 0.6 is 0 Å². The molecule has 0 unspecified atom stereocenters. The van der Waals surface area contributed by atoms with Gasteiger partial charge in [0, 0.05) is 17.8 Å². The van der Waals surface area contributed by atoms with Crippen molar-refractivity contribution in [3.8, 4) is 11.9 Å². The van der Waals surface area contributed by atoms with Crippen LogP contribution in [0.3, 0.4) is 0 Å². The highest BCUT2D eigenvalue weighted by atomic mass is 16.5. The molecule has 0 bridgehead atoms. The maximum absolute atomic E-state index is 12.4. The summed E-state index contributed by atoms with van der Waals surface area (Å²) < 4.78 is 11.9. The summed E-state index contributed by atoms with van der Waals surface area (Å²) in [5.74, 6) is 0.226. The van der Waals surface area contributed by atoms with Crippen LogP contribution in [0.2, 0.25) is 0 Å². The molecule has 106 valence electrons. The second-order valence-electron chi connectivity index (χ2n) is 4.33. The number of ketones is 1.